The first-order chi connectivity index (χ1) is 8.13. The summed E-state index contributed by atoms with van der Waals surface area (Å²) in [4.78, 5) is 2.22. The van der Waals surface area contributed by atoms with Crippen molar-refractivity contribution in [2.24, 2.45) is 0 Å². The van der Waals surface area contributed by atoms with E-state index in [2.05, 4.69) is 4.90 Å². The van der Waals surface area contributed by atoms with E-state index < -0.39 is 0 Å². The molecular weight excluding hydrogens is 259 g/mol. The van der Waals surface area contributed by atoms with E-state index in [9.17, 15) is 0 Å². The van der Waals surface area contributed by atoms with Gasteiger partial charge in [-0.3, -0.25) is 0 Å². The molecule has 0 aliphatic heterocycles. The first-order valence-corrected chi connectivity index (χ1v) is 6.39. The molecule has 5 heteroatoms. The Bertz CT molecular complexity index is 384. The molecular formula is C12H16Cl2N2O. The summed E-state index contributed by atoms with van der Waals surface area (Å²) < 4.78 is 5.12. The summed E-state index contributed by atoms with van der Waals surface area (Å²) in [6, 6.07) is 4.01. The van der Waals surface area contributed by atoms with Gasteiger partial charge < -0.3 is 15.4 Å². The minimum absolute atomic E-state index is 0.531. The van der Waals surface area contributed by atoms with E-state index >= 15 is 0 Å². The van der Waals surface area contributed by atoms with E-state index in [1.807, 2.05) is 0 Å². The lowest BCUT2D eigenvalue weighted by Gasteiger charge is -2.26. The molecule has 1 aromatic carbocycles. The zero-order valence-electron chi connectivity index (χ0n) is 9.75. The van der Waals surface area contributed by atoms with Crippen LogP contribution >= 0.6 is 23.2 Å². The maximum Gasteiger partial charge on any atom is 0.0749 e. The average Bonchev–Trinajstić information content (AvgIpc) is 3.05. The number of hydrogen-bond acceptors (Lipinski definition) is 3. The number of nitrogens with two attached hydrogens (primary N) is 1. The third kappa shape index (κ3) is 2.97. The van der Waals surface area contributed by atoms with Crippen LogP contribution in [0.15, 0.2) is 12.1 Å². The van der Waals surface area contributed by atoms with E-state index in [4.69, 9.17) is 33.7 Å². The molecule has 1 fully saturated rings. The highest BCUT2D eigenvalue weighted by molar-refractivity contribution is 6.39. The Kier molecular flexibility index (Phi) is 4.02. The zero-order valence-corrected chi connectivity index (χ0v) is 11.3. The van der Waals surface area contributed by atoms with Crippen molar-refractivity contribution in [1.29, 1.82) is 0 Å². The number of ether oxygens (including phenoxy) is 1. The van der Waals surface area contributed by atoms with Gasteiger partial charge in [-0.25, -0.2) is 0 Å². The highest BCUT2D eigenvalue weighted by Crippen LogP contribution is 2.41. The quantitative estimate of drug-likeness (QED) is 0.839. The molecule has 1 aliphatic carbocycles. The summed E-state index contributed by atoms with van der Waals surface area (Å²) in [5.74, 6) is 0. The van der Waals surface area contributed by atoms with E-state index in [0.29, 0.717) is 28.4 Å². The number of rotatable bonds is 5. The molecule has 1 aliphatic rings. The molecule has 2 N–H and O–H groups in total. The van der Waals surface area contributed by atoms with Gasteiger partial charge in [-0.15, -0.1) is 0 Å². The average molecular weight is 275 g/mol. The third-order valence-corrected chi connectivity index (χ3v) is 3.43. The van der Waals surface area contributed by atoms with Crippen LogP contribution in [0.1, 0.15) is 12.8 Å². The third-order valence-electron chi connectivity index (χ3n) is 2.85. The topological polar surface area (TPSA) is 38.5 Å². The van der Waals surface area contributed by atoms with Crippen molar-refractivity contribution < 1.29 is 4.74 Å². The Balaban J connectivity index is 2.28. The second kappa shape index (κ2) is 5.34. The standard InChI is InChI=1S/C12H16Cl2N2O/c1-17-5-4-16(9-2-3-9)12-10(13)6-8(15)7-11(12)14/h6-7,9H,2-5,15H2,1H3. The number of nitrogens with zero attached hydrogens (tertiary/aromatic N) is 1. The van der Waals surface area contributed by atoms with Gasteiger partial charge in [0.15, 0.2) is 0 Å². The molecule has 0 saturated heterocycles. The Hall–Kier alpha value is -0.640. The normalized spacial score (nSPS) is 15.0. The fraction of sp³-hybridized carbons (Fsp3) is 0.500. The number of benzene rings is 1. The zero-order chi connectivity index (χ0) is 12.4. The highest BCUT2D eigenvalue weighted by Gasteiger charge is 2.31. The maximum absolute atomic E-state index is 6.23. The van der Waals surface area contributed by atoms with Crippen molar-refractivity contribution in [3.05, 3.63) is 22.2 Å². The van der Waals surface area contributed by atoms with Crippen LogP contribution in [0.25, 0.3) is 0 Å². The van der Waals surface area contributed by atoms with Crippen molar-refractivity contribution >= 4 is 34.6 Å². The Morgan fingerprint density at radius 1 is 1.35 bits per heavy atom. The van der Waals surface area contributed by atoms with Crippen LogP contribution in [0, 0.1) is 0 Å². The minimum Gasteiger partial charge on any atom is -0.399 e. The largest absolute Gasteiger partial charge is 0.399 e. The summed E-state index contributed by atoms with van der Waals surface area (Å²) in [5.41, 5.74) is 7.17. The van der Waals surface area contributed by atoms with Crippen LogP contribution in [0.5, 0.6) is 0 Å². The van der Waals surface area contributed by atoms with Gasteiger partial charge in [0.1, 0.15) is 0 Å². The lowest BCUT2D eigenvalue weighted by molar-refractivity contribution is 0.205. The molecule has 94 valence electrons. The first kappa shape index (κ1) is 12.8. The second-order valence-electron chi connectivity index (χ2n) is 4.25. The molecule has 3 nitrogen and oxygen atoms in total. The fourth-order valence-corrected chi connectivity index (χ4v) is 2.63. The molecule has 0 radical (unpaired) electrons. The number of anilines is 2. The summed E-state index contributed by atoms with van der Waals surface area (Å²) >= 11 is 12.5. The Labute approximate surface area is 111 Å². The van der Waals surface area contributed by atoms with Gasteiger partial charge in [0.05, 0.1) is 22.3 Å². The van der Waals surface area contributed by atoms with Gasteiger partial charge in [0.25, 0.3) is 0 Å². The molecule has 0 atom stereocenters. The van der Waals surface area contributed by atoms with Crippen molar-refractivity contribution in [2.75, 3.05) is 30.9 Å². The van der Waals surface area contributed by atoms with Gasteiger partial charge >= 0.3 is 0 Å². The molecule has 0 amide bonds. The van der Waals surface area contributed by atoms with Crippen molar-refractivity contribution in [2.45, 2.75) is 18.9 Å². The molecule has 17 heavy (non-hydrogen) atoms. The van der Waals surface area contributed by atoms with Crippen LogP contribution < -0.4 is 10.6 Å². The molecule has 0 spiro atoms. The smallest absolute Gasteiger partial charge is 0.0749 e. The van der Waals surface area contributed by atoms with Crippen LogP contribution in [0.3, 0.4) is 0 Å². The Morgan fingerprint density at radius 2 is 1.94 bits per heavy atom. The molecule has 0 aromatic heterocycles. The van der Waals surface area contributed by atoms with Gasteiger partial charge in [-0.05, 0) is 25.0 Å². The minimum atomic E-state index is 0.531. The van der Waals surface area contributed by atoms with Gasteiger partial charge in [0.2, 0.25) is 0 Å². The van der Waals surface area contributed by atoms with E-state index in [1.54, 1.807) is 19.2 Å². The number of hydrogen-bond donors (Lipinski definition) is 1. The number of halogens is 2. The van der Waals surface area contributed by atoms with Crippen LogP contribution in [-0.2, 0) is 4.74 Å². The predicted molar refractivity (Wildman–Crippen MR) is 73.1 cm³/mol. The van der Waals surface area contributed by atoms with Gasteiger partial charge in [-0.1, -0.05) is 23.2 Å². The lowest BCUT2D eigenvalue weighted by atomic mass is 10.2. The van der Waals surface area contributed by atoms with Crippen molar-refractivity contribution in [3.63, 3.8) is 0 Å². The number of methoxy groups -OCH3 is 1. The van der Waals surface area contributed by atoms with Gasteiger partial charge in [0, 0.05) is 25.4 Å². The predicted octanol–water partition coefficient (Wildman–Crippen LogP) is 3.19. The molecule has 0 unspecified atom stereocenters. The monoisotopic (exact) mass is 274 g/mol. The maximum atomic E-state index is 6.23. The van der Waals surface area contributed by atoms with Crippen LogP contribution in [0.2, 0.25) is 10.0 Å². The van der Waals surface area contributed by atoms with Crippen molar-refractivity contribution in [1.82, 2.24) is 0 Å². The summed E-state index contributed by atoms with van der Waals surface area (Å²) in [7, 11) is 1.69. The summed E-state index contributed by atoms with van der Waals surface area (Å²) in [5, 5.41) is 1.22. The Morgan fingerprint density at radius 3 is 2.41 bits per heavy atom. The number of nitrogen functional groups attached to an aromatic ring is 1. The molecule has 1 saturated carbocycles. The summed E-state index contributed by atoms with van der Waals surface area (Å²) in [6.45, 7) is 1.46. The van der Waals surface area contributed by atoms with Crippen LogP contribution in [0.4, 0.5) is 11.4 Å². The van der Waals surface area contributed by atoms with E-state index in [0.717, 1.165) is 12.2 Å². The fourth-order valence-electron chi connectivity index (χ4n) is 1.91. The van der Waals surface area contributed by atoms with Gasteiger partial charge in [-0.2, -0.15) is 0 Å². The molecule has 1 aromatic rings. The second-order valence-corrected chi connectivity index (χ2v) is 5.06. The summed E-state index contributed by atoms with van der Waals surface area (Å²) in [6.07, 6.45) is 2.36. The van der Waals surface area contributed by atoms with Crippen LogP contribution in [-0.4, -0.2) is 26.3 Å². The van der Waals surface area contributed by atoms with Crippen molar-refractivity contribution in [3.8, 4) is 0 Å². The molecule has 2 rings (SSSR count). The van der Waals surface area contributed by atoms with E-state index in [1.165, 1.54) is 12.8 Å². The first-order valence-electron chi connectivity index (χ1n) is 5.63. The lowest BCUT2D eigenvalue weighted by Crippen LogP contribution is -2.30. The molecule has 0 heterocycles. The SMILES string of the molecule is COCCN(c1c(Cl)cc(N)cc1Cl)C1CC1. The van der Waals surface area contributed by atoms with E-state index in [-0.39, 0.29) is 0 Å². The highest BCUT2D eigenvalue weighted by atomic mass is 35.5. The molecule has 0 bridgehead atoms.